The zero-order valence-corrected chi connectivity index (χ0v) is 8.97. The summed E-state index contributed by atoms with van der Waals surface area (Å²) in [6.45, 7) is 0.163. The van der Waals surface area contributed by atoms with Gasteiger partial charge in [-0.1, -0.05) is 30.0 Å². The molecule has 0 heterocycles. The van der Waals surface area contributed by atoms with Crippen LogP contribution in [0, 0.1) is 11.8 Å². The molecule has 1 rings (SSSR count). The van der Waals surface area contributed by atoms with Crippen molar-refractivity contribution < 1.29 is 14.3 Å². The number of rotatable bonds is 2. The van der Waals surface area contributed by atoms with Gasteiger partial charge in [0.2, 0.25) is 0 Å². The summed E-state index contributed by atoms with van der Waals surface area (Å²) in [7, 11) is 1.27. The van der Waals surface area contributed by atoms with E-state index >= 15 is 0 Å². The van der Waals surface area contributed by atoms with Crippen molar-refractivity contribution in [1.29, 1.82) is 0 Å². The van der Waals surface area contributed by atoms with Crippen LogP contribution in [-0.4, -0.2) is 19.9 Å². The molecule has 16 heavy (non-hydrogen) atoms. The van der Waals surface area contributed by atoms with E-state index in [1.165, 1.54) is 7.11 Å². The first-order chi connectivity index (χ1) is 7.83. The molecule has 0 aromatic heterocycles. The Morgan fingerprint density at radius 2 is 2.12 bits per heavy atom. The second-order valence-corrected chi connectivity index (χ2v) is 2.80. The Morgan fingerprint density at radius 3 is 2.81 bits per heavy atom. The average Bonchev–Trinajstić information content (AvgIpc) is 2.34. The van der Waals surface area contributed by atoms with Gasteiger partial charge in [-0.05, 0) is 24.3 Å². The molecule has 0 amide bonds. The molecule has 0 bridgehead atoms. The van der Waals surface area contributed by atoms with Gasteiger partial charge in [0, 0.05) is 5.56 Å². The molecule has 0 spiro atoms. The second kappa shape index (κ2) is 7.13. The first-order valence-corrected chi connectivity index (χ1v) is 4.75. The smallest absolute Gasteiger partial charge is 0.438 e. The quantitative estimate of drug-likeness (QED) is 0.562. The molecule has 0 atom stereocenters. The van der Waals surface area contributed by atoms with Crippen molar-refractivity contribution in [3.05, 3.63) is 48.0 Å². The third kappa shape index (κ3) is 4.87. The van der Waals surface area contributed by atoms with Crippen molar-refractivity contribution in [2.45, 2.75) is 0 Å². The van der Waals surface area contributed by atoms with Crippen LogP contribution < -0.4 is 0 Å². The Balaban J connectivity index is 2.32. The summed E-state index contributed by atoms with van der Waals surface area (Å²) in [6, 6.07) is 9.63. The standard InChI is InChI=1S/C13H12O3/c1-15-13(14)16-11-7-3-6-10-12-8-4-2-5-9-12/h2-5,7-9H,11H2,1H3/b7-3+. The second-order valence-electron chi connectivity index (χ2n) is 2.80. The van der Waals surface area contributed by atoms with Crippen LogP contribution in [0.4, 0.5) is 4.79 Å². The monoisotopic (exact) mass is 216 g/mol. The van der Waals surface area contributed by atoms with Gasteiger partial charge in [-0.15, -0.1) is 0 Å². The van der Waals surface area contributed by atoms with Crippen LogP contribution in [-0.2, 0) is 9.47 Å². The Labute approximate surface area is 94.7 Å². The van der Waals surface area contributed by atoms with Crippen molar-refractivity contribution in [3.63, 3.8) is 0 Å². The summed E-state index contributed by atoms with van der Waals surface area (Å²) >= 11 is 0. The van der Waals surface area contributed by atoms with Crippen molar-refractivity contribution in [1.82, 2.24) is 0 Å². The van der Waals surface area contributed by atoms with Crippen LogP contribution in [0.25, 0.3) is 0 Å². The summed E-state index contributed by atoms with van der Waals surface area (Å²) in [5.74, 6) is 5.77. The Morgan fingerprint density at radius 1 is 1.38 bits per heavy atom. The number of hydrogen-bond donors (Lipinski definition) is 0. The highest BCUT2D eigenvalue weighted by Crippen LogP contribution is 1.94. The van der Waals surface area contributed by atoms with Gasteiger partial charge in [0.25, 0.3) is 0 Å². The van der Waals surface area contributed by atoms with Gasteiger partial charge in [0.1, 0.15) is 6.61 Å². The van der Waals surface area contributed by atoms with Crippen LogP contribution in [0.3, 0.4) is 0 Å². The lowest BCUT2D eigenvalue weighted by molar-refractivity contribution is 0.0818. The normalized spacial score (nSPS) is 9.31. The number of carbonyl (C=O) groups excluding carboxylic acids is 1. The molecule has 1 aromatic carbocycles. The third-order valence-corrected chi connectivity index (χ3v) is 1.66. The van der Waals surface area contributed by atoms with E-state index in [1.807, 2.05) is 30.3 Å². The number of methoxy groups -OCH3 is 1. The highest BCUT2D eigenvalue weighted by atomic mass is 16.7. The molecule has 3 nitrogen and oxygen atoms in total. The largest absolute Gasteiger partial charge is 0.508 e. The summed E-state index contributed by atoms with van der Waals surface area (Å²) in [4.78, 5) is 10.6. The van der Waals surface area contributed by atoms with E-state index in [1.54, 1.807) is 12.2 Å². The number of hydrogen-bond acceptors (Lipinski definition) is 3. The molecule has 0 aliphatic rings. The number of ether oxygens (including phenoxy) is 2. The molecular formula is C13H12O3. The highest BCUT2D eigenvalue weighted by Gasteiger charge is 1.94. The number of carbonyl (C=O) groups is 1. The number of benzene rings is 1. The fourth-order valence-electron chi connectivity index (χ4n) is 0.929. The van der Waals surface area contributed by atoms with E-state index in [2.05, 4.69) is 21.3 Å². The first kappa shape index (κ1) is 11.9. The minimum Gasteiger partial charge on any atom is -0.438 e. The predicted molar refractivity (Wildman–Crippen MR) is 60.8 cm³/mol. The predicted octanol–water partition coefficient (Wildman–Crippen LogP) is 2.38. The van der Waals surface area contributed by atoms with Gasteiger partial charge in [-0.2, -0.15) is 0 Å². The molecule has 0 saturated heterocycles. The van der Waals surface area contributed by atoms with Gasteiger partial charge in [-0.25, -0.2) is 4.79 Å². The summed E-state index contributed by atoms with van der Waals surface area (Å²) in [6.07, 6.45) is 2.59. The molecule has 0 saturated carbocycles. The molecule has 0 unspecified atom stereocenters. The van der Waals surface area contributed by atoms with Crippen molar-refractivity contribution in [2.75, 3.05) is 13.7 Å². The molecule has 0 aliphatic carbocycles. The van der Waals surface area contributed by atoms with E-state index in [9.17, 15) is 4.79 Å². The highest BCUT2D eigenvalue weighted by molar-refractivity contribution is 5.59. The number of allylic oxidation sites excluding steroid dienone is 1. The van der Waals surface area contributed by atoms with Gasteiger partial charge in [0.15, 0.2) is 0 Å². The average molecular weight is 216 g/mol. The van der Waals surface area contributed by atoms with Crippen molar-refractivity contribution >= 4 is 6.16 Å². The first-order valence-electron chi connectivity index (χ1n) is 4.75. The van der Waals surface area contributed by atoms with Crippen LogP contribution in [0.1, 0.15) is 5.56 Å². The van der Waals surface area contributed by atoms with Gasteiger partial charge < -0.3 is 9.47 Å². The van der Waals surface area contributed by atoms with Crippen molar-refractivity contribution in [3.8, 4) is 11.8 Å². The zero-order valence-electron chi connectivity index (χ0n) is 8.97. The molecule has 82 valence electrons. The van der Waals surface area contributed by atoms with Crippen LogP contribution >= 0.6 is 0 Å². The van der Waals surface area contributed by atoms with Gasteiger partial charge >= 0.3 is 6.16 Å². The molecule has 3 heteroatoms. The van der Waals surface area contributed by atoms with Crippen LogP contribution in [0.15, 0.2) is 42.5 Å². The maximum atomic E-state index is 10.6. The minimum absolute atomic E-state index is 0.163. The lowest BCUT2D eigenvalue weighted by Crippen LogP contribution is -2.03. The molecule has 0 N–H and O–H groups in total. The summed E-state index contributed by atoms with van der Waals surface area (Å²) in [5, 5.41) is 0. The van der Waals surface area contributed by atoms with E-state index in [0.717, 1.165) is 5.56 Å². The van der Waals surface area contributed by atoms with E-state index in [0.29, 0.717) is 0 Å². The van der Waals surface area contributed by atoms with Crippen LogP contribution in [0.2, 0.25) is 0 Å². The maximum Gasteiger partial charge on any atom is 0.508 e. The lowest BCUT2D eigenvalue weighted by atomic mass is 10.2. The van der Waals surface area contributed by atoms with E-state index in [-0.39, 0.29) is 6.61 Å². The lowest BCUT2D eigenvalue weighted by Gasteiger charge is -1.96. The fourth-order valence-corrected chi connectivity index (χ4v) is 0.929. The molecule has 0 fully saturated rings. The minimum atomic E-state index is -0.694. The molecular weight excluding hydrogens is 204 g/mol. The van der Waals surface area contributed by atoms with Gasteiger partial charge in [0.05, 0.1) is 7.11 Å². The fraction of sp³-hybridized carbons (Fsp3) is 0.154. The molecule has 0 radical (unpaired) electrons. The maximum absolute atomic E-state index is 10.6. The Bertz CT molecular complexity index is 410. The van der Waals surface area contributed by atoms with E-state index in [4.69, 9.17) is 0 Å². The topological polar surface area (TPSA) is 35.5 Å². The van der Waals surface area contributed by atoms with Crippen LogP contribution in [0.5, 0.6) is 0 Å². The zero-order chi connectivity index (χ0) is 11.6. The Hall–Kier alpha value is -2.21. The van der Waals surface area contributed by atoms with Gasteiger partial charge in [-0.3, -0.25) is 0 Å². The SMILES string of the molecule is COC(=O)OC/C=C/C#Cc1ccccc1. The summed E-state index contributed by atoms with van der Waals surface area (Å²) < 4.78 is 8.92. The Kier molecular flexibility index (Phi) is 5.29. The third-order valence-electron chi connectivity index (χ3n) is 1.66. The van der Waals surface area contributed by atoms with E-state index < -0.39 is 6.16 Å². The molecule has 1 aromatic rings. The summed E-state index contributed by atoms with van der Waals surface area (Å²) in [5.41, 5.74) is 0.945. The van der Waals surface area contributed by atoms with Crippen molar-refractivity contribution in [2.24, 2.45) is 0 Å². The molecule has 0 aliphatic heterocycles.